The maximum absolute atomic E-state index is 12.2. The summed E-state index contributed by atoms with van der Waals surface area (Å²) in [6.45, 7) is 9.76. The van der Waals surface area contributed by atoms with E-state index in [0.717, 1.165) is 48.9 Å². The van der Waals surface area contributed by atoms with Gasteiger partial charge in [0, 0.05) is 42.4 Å². The molecule has 0 spiro atoms. The number of nitrogens with one attached hydrogen (secondary N) is 1. The molecule has 1 fully saturated rings. The first-order valence-corrected chi connectivity index (χ1v) is 10.2. The summed E-state index contributed by atoms with van der Waals surface area (Å²) in [6, 6.07) is 16.3. The molecule has 4 nitrogen and oxygen atoms in total. The van der Waals surface area contributed by atoms with Crippen molar-refractivity contribution < 1.29 is 4.79 Å². The lowest BCUT2D eigenvalue weighted by atomic mass is 10.1. The largest absolute Gasteiger partial charge is 0.369 e. The number of hydrogen-bond acceptors (Lipinski definition) is 4. The summed E-state index contributed by atoms with van der Waals surface area (Å²) in [5.74, 6) is 0.454. The Bertz CT molecular complexity index is 727. The zero-order chi connectivity index (χ0) is 18.4. The van der Waals surface area contributed by atoms with Gasteiger partial charge < -0.3 is 15.1 Å². The van der Waals surface area contributed by atoms with Gasteiger partial charge in [0.2, 0.25) is 5.91 Å². The van der Waals surface area contributed by atoms with Crippen molar-refractivity contribution in [1.29, 1.82) is 0 Å². The van der Waals surface area contributed by atoms with Crippen LogP contribution in [0.25, 0.3) is 0 Å². The fourth-order valence-corrected chi connectivity index (χ4v) is 3.88. The van der Waals surface area contributed by atoms with E-state index in [2.05, 4.69) is 41.1 Å². The van der Waals surface area contributed by atoms with E-state index in [1.165, 1.54) is 5.69 Å². The first-order chi connectivity index (χ1) is 12.7. The van der Waals surface area contributed by atoms with Crippen LogP contribution < -0.4 is 10.2 Å². The van der Waals surface area contributed by atoms with Gasteiger partial charge in [-0.05, 0) is 49.4 Å². The molecule has 2 aromatic carbocycles. The number of piperazine rings is 1. The van der Waals surface area contributed by atoms with Crippen LogP contribution in [0.15, 0.2) is 53.4 Å². The fraction of sp³-hybridized carbons (Fsp3) is 0.381. The minimum atomic E-state index is 0.0336. The van der Waals surface area contributed by atoms with E-state index in [0.29, 0.717) is 5.75 Å². The highest BCUT2D eigenvalue weighted by molar-refractivity contribution is 8.00. The van der Waals surface area contributed by atoms with Gasteiger partial charge in [0.1, 0.15) is 0 Å². The van der Waals surface area contributed by atoms with E-state index in [9.17, 15) is 4.79 Å². The van der Waals surface area contributed by atoms with Gasteiger partial charge >= 0.3 is 0 Å². The average Bonchev–Trinajstić information content (AvgIpc) is 2.69. The third-order valence-electron chi connectivity index (χ3n) is 4.78. The number of carbonyl (C=O) groups is 1. The number of aryl methyl sites for hydroxylation is 1. The zero-order valence-electron chi connectivity index (χ0n) is 15.6. The molecule has 1 saturated heterocycles. The number of nitrogens with zero attached hydrogens (tertiary/aromatic N) is 2. The topological polar surface area (TPSA) is 35.6 Å². The van der Waals surface area contributed by atoms with Crippen molar-refractivity contribution in [2.24, 2.45) is 0 Å². The summed E-state index contributed by atoms with van der Waals surface area (Å²) in [6.07, 6.45) is 0. The first-order valence-electron chi connectivity index (χ1n) is 9.21. The molecule has 26 heavy (non-hydrogen) atoms. The summed E-state index contributed by atoms with van der Waals surface area (Å²) < 4.78 is 0. The highest BCUT2D eigenvalue weighted by Crippen LogP contribution is 2.24. The number of rotatable bonds is 6. The highest BCUT2D eigenvalue weighted by atomic mass is 32.2. The molecule has 0 aliphatic carbocycles. The lowest BCUT2D eigenvalue weighted by Crippen LogP contribution is -2.46. The summed E-state index contributed by atoms with van der Waals surface area (Å²) >= 11 is 1.56. The lowest BCUT2D eigenvalue weighted by molar-refractivity contribution is -0.113. The Balaban J connectivity index is 1.55. The fourth-order valence-electron chi connectivity index (χ4n) is 3.16. The number of likely N-dealkylation sites (N-methyl/N-ethyl adjacent to an activating group) is 1. The normalized spacial score (nSPS) is 15.1. The molecule has 1 aliphatic rings. The second-order valence-electron chi connectivity index (χ2n) is 6.57. The monoisotopic (exact) mass is 369 g/mol. The molecule has 1 N–H and O–H groups in total. The van der Waals surface area contributed by atoms with Crippen LogP contribution in [0.5, 0.6) is 0 Å². The van der Waals surface area contributed by atoms with Crippen LogP contribution >= 0.6 is 11.8 Å². The summed E-state index contributed by atoms with van der Waals surface area (Å²) in [4.78, 5) is 18.3. The smallest absolute Gasteiger partial charge is 0.234 e. The molecule has 0 radical (unpaired) electrons. The molecule has 5 heteroatoms. The van der Waals surface area contributed by atoms with Gasteiger partial charge in [0.25, 0.3) is 0 Å². The Labute approximate surface area is 160 Å². The van der Waals surface area contributed by atoms with Crippen molar-refractivity contribution in [3.05, 3.63) is 54.1 Å². The molecule has 1 heterocycles. The van der Waals surface area contributed by atoms with E-state index in [-0.39, 0.29) is 5.91 Å². The molecule has 1 amide bonds. The third-order valence-corrected chi connectivity index (χ3v) is 5.79. The molecule has 0 aromatic heterocycles. The van der Waals surface area contributed by atoms with Crippen molar-refractivity contribution in [2.45, 2.75) is 18.7 Å². The second kappa shape index (κ2) is 9.10. The van der Waals surface area contributed by atoms with Gasteiger partial charge in [0.15, 0.2) is 0 Å². The van der Waals surface area contributed by atoms with Gasteiger partial charge in [-0.1, -0.05) is 25.1 Å². The molecule has 0 atom stereocenters. The molecule has 138 valence electrons. The first kappa shape index (κ1) is 18.8. The van der Waals surface area contributed by atoms with Crippen LogP contribution in [-0.4, -0.2) is 49.3 Å². The number of anilines is 2. The number of benzene rings is 2. The van der Waals surface area contributed by atoms with E-state index in [1.54, 1.807) is 11.8 Å². The SMILES string of the molecule is CCN1CCN(c2ccc(NC(=O)CSc3ccccc3)c(C)c2)CC1. The second-order valence-corrected chi connectivity index (χ2v) is 7.62. The van der Waals surface area contributed by atoms with Crippen LogP contribution in [0, 0.1) is 6.92 Å². The summed E-state index contributed by atoms with van der Waals surface area (Å²) in [5.41, 5.74) is 3.26. The highest BCUT2D eigenvalue weighted by Gasteiger charge is 2.16. The van der Waals surface area contributed by atoms with Gasteiger partial charge in [0.05, 0.1) is 5.75 Å². The van der Waals surface area contributed by atoms with Crippen molar-refractivity contribution >= 4 is 29.0 Å². The number of amides is 1. The zero-order valence-corrected chi connectivity index (χ0v) is 16.4. The standard InChI is InChI=1S/C21H27N3OS/c1-3-23-11-13-24(14-12-23)18-9-10-20(17(2)15-18)22-21(25)16-26-19-7-5-4-6-8-19/h4-10,15H,3,11-14,16H2,1-2H3,(H,22,25). The molecule has 0 saturated carbocycles. The Morgan fingerprint density at radius 2 is 1.81 bits per heavy atom. The predicted molar refractivity (Wildman–Crippen MR) is 111 cm³/mol. The molecule has 3 rings (SSSR count). The maximum Gasteiger partial charge on any atom is 0.234 e. The third kappa shape index (κ3) is 5.02. The predicted octanol–water partition coefficient (Wildman–Crippen LogP) is 3.87. The van der Waals surface area contributed by atoms with Crippen LogP contribution in [0.1, 0.15) is 12.5 Å². The molecule has 1 aliphatic heterocycles. The van der Waals surface area contributed by atoms with Crippen LogP contribution in [0.4, 0.5) is 11.4 Å². The Morgan fingerprint density at radius 1 is 1.08 bits per heavy atom. The van der Waals surface area contributed by atoms with Crippen molar-refractivity contribution in [2.75, 3.05) is 48.7 Å². The lowest BCUT2D eigenvalue weighted by Gasteiger charge is -2.35. The van der Waals surface area contributed by atoms with Crippen molar-refractivity contribution in [1.82, 2.24) is 4.90 Å². The quantitative estimate of drug-likeness (QED) is 0.784. The van der Waals surface area contributed by atoms with E-state index in [4.69, 9.17) is 0 Å². The molecular formula is C21H27N3OS. The number of carbonyl (C=O) groups excluding carboxylic acids is 1. The van der Waals surface area contributed by atoms with E-state index < -0.39 is 0 Å². The molecule has 2 aromatic rings. The van der Waals surface area contributed by atoms with Crippen molar-refractivity contribution in [3.8, 4) is 0 Å². The molecule has 0 unspecified atom stereocenters. The number of hydrogen-bond donors (Lipinski definition) is 1. The Kier molecular flexibility index (Phi) is 6.58. The summed E-state index contributed by atoms with van der Waals surface area (Å²) in [5, 5.41) is 3.04. The Hall–Kier alpha value is -1.98. The Morgan fingerprint density at radius 3 is 2.46 bits per heavy atom. The van der Waals surface area contributed by atoms with E-state index in [1.807, 2.05) is 36.4 Å². The minimum absolute atomic E-state index is 0.0336. The van der Waals surface area contributed by atoms with E-state index >= 15 is 0 Å². The average molecular weight is 370 g/mol. The maximum atomic E-state index is 12.2. The number of thioether (sulfide) groups is 1. The van der Waals surface area contributed by atoms with Crippen molar-refractivity contribution in [3.63, 3.8) is 0 Å². The van der Waals surface area contributed by atoms with Crippen LogP contribution in [0.2, 0.25) is 0 Å². The summed E-state index contributed by atoms with van der Waals surface area (Å²) in [7, 11) is 0. The van der Waals surface area contributed by atoms with Gasteiger partial charge in [-0.15, -0.1) is 11.8 Å². The minimum Gasteiger partial charge on any atom is -0.369 e. The van der Waals surface area contributed by atoms with Gasteiger partial charge in [-0.3, -0.25) is 4.79 Å². The van der Waals surface area contributed by atoms with Crippen LogP contribution in [0.3, 0.4) is 0 Å². The van der Waals surface area contributed by atoms with Crippen LogP contribution in [-0.2, 0) is 4.79 Å². The molecular weight excluding hydrogens is 342 g/mol. The van der Waals surface area contributed by atoms with Gasteiger partial charge in [-0.25, -0.2) is 0 Å². The van der Waals surface area contributed by atoms with Gasteiger partial charge in [-0.2, -0.15) is 0 Å². The molecule has 0 bridgehead atoms.